The number of hydrogen-bond acceptors (Lipinski definition) is 7. The summed E-state index contributed by atoms with van der Waals surface area (Å²) in [5.74, 6) is 1.20. The maximum absolute atomic E-state index is 13.2. The Balaban J connectivity index is 1.39. The molecule has 0 bridgehead atoms. The minimum Gasteiger partial charge on any atom is -0.381 e. The van der Waals surface area contributed by atoms with Gasteiger partial charge in [-0.15, -0.1) is 0 Å². The Labute approximate surface area is 212 Å². The lowest BCUT2D eigenvalue weighted by molar-refractivity contribution is -0.125. The van der Waals surface area contributed by atoms with E-state index < -0.39 is 5.41 Å². The fraction of sp³-hybridized carbons (Fsp3) is 0.556. The van der Waals surface area contributed by atoms with Crippen LogP contribution >= 0.6 is 0 Å². The standard InChI is InChI=1S/C27H36N6O3/c1-27(2)17-33(21-9-4-5-10-21)23-22(32(3)25(27)35)16-28-26(31-23)30-20-8-6-7-18(15-20)24(34)29-19-11-13-36-14-12-19/h6-8,15-16,19,21H,4-5,9-14,17H2,1-3H3,(H,29,34)(H,28,30,31). The van der Waals surface area contributed by atoms with Gasteiger partial charge in [-0.25, -0.2) is 4.98 Å². The van der Waals surface area contributed by atoms with Crippen LogP contribution in [0.1, 0.15) is 62.7 Å². The van der Waals surface area contributed by atoms with Crippen molar-refractivity contribution in [3.05, 3.63) is 36.0 Å². The van der Waals surface area contributed by atoms with Crippen molar-refractivity contribution in [1.82, 2.24) is 15.3 Å². The Hall–Kier alpha value is -3.20. The van der Waals surface area contributed by atoms with Crippen LogP contribution in [0.4, 0.5) is 23.1 Å². The molecule has 1 aromatic heterocycles. The van der Waals surface area contributed by atoms with Gasteiger partial charge >= 0.3 is 0 Å². The van der Waals surface area contributed by atoms with Gasteiger partial charge in [-0.1, -0.05) is 18.9 Å². The third-order valence-electron chi connectivity index (χ3n) is 7.54. The first-order valence-corrected chi connectivity index (χ1v) is 13.0. The molecule has 0 atom stereocenters. The largest absolute Gasteiger partial charge is 0.381 e. The van der Waals surface area contributed by atoms with Gasteiger partial charge in [0.1, 0.15) is 5.69 Å². The number of amides is 2. The van der Waals surface area contributed by atoms with Crippen LogP contribution in [0.2, 0.25) is 0 Å². The number of nitrogens with one attached hydrogen (secondary N) is 2. The monoisotopic (exact) mass is 492 g/mol. The maximum Gasteiger partial charge on any atom is 0.251 e. The van der Waals surface area contributed by atoms with Crippen LogP contribution < -0.4 is 20.4 Å². The minimum atomic E-state index is -0.530. The summed E-state index contributed by atoms with van der Waals surface area (Å²) < 4.78 is 5.38. The molecule has 1 aromatic carbocycles. The number of aromatic nitrogens is 2. The molecule has 1 saturated heterocycles. The lowest BCUT2D eigenvalue weighted by Crippen LogP contribution is -2.45. The molecular weight excluding hydrogens is 456 g/mol. The van der Waals surface area contributed by atoms with Crippen LogP contribution in [0.3, 0.4) is 0 Å². The highest BCUT2D eigenvalue weighted by atomic mass is 16.5. The van der Waals surface area contributed by atoms with Crippen molar-refractivity contribution in [2.24, 2.45) is 5.41 Å². The lowest BCUT2D eigenvalue weighted by atomic mass is 9.91. The van der Waals surface area contributed by atoms with Gasteiger partial charge in [0.05, 0.1) is 11.6 Å². The Morgan fingerprint density at radius 2 is 1.89 bits per heavy atom. The number of hydrogen-bond donors (Lipinski definition) is 2. The quantitative estimate of drug-likeness (QED) is 0.653. The molecule has 9 heteroatoms. The molecule has 36 heavy (non-hydrogen) atoms. The molecule has 2 amide bonds. The van der Waals surface area contributed by atoms with E-state index >= 15 is 0 Å². The predicted molar refractivity (Wildman–Crippen MR) is 140 cm³/mol. The zero-order chi connectivity index (χ0) is 25.3. The summed E-state index contributed by atoms with van der Waals surface area (Å²) in [7, 11) is 1.80. The van der Waals surface area contributed by atoms with E-state index in [2.05, 4.69) is 20.5 Å². The van der Waals surface area contributed by atoms with Gasteiger partial charge in [0.25, 0.3) is 5.91 Å². The molecule has 9 nitrogen and oxygen atoms in total. The Kier molecular flexibility index (Phi) is 6.83. The summed E-state index contributed by atoms with van der Waals surface area (Å²) in [6, 6.07) is 7.88. The van der Waals surface area contributed by atoms with E-state index in [1.807, 2.05) is 38.1 Å². The number of carbonyl (C=O) groups excluding carboxylic acids is 2. The molecule has 2 aliphatic heterocycles. The number of rotatable bonds is 5. The van der Waals surface area contributed by atoms with Crippen molar-refractivity contribution in [2.45, 2.75) is 64.5 Å². The average molecular weight is 493 g/mol. The van der Waals surface area contributed by atoms with Gasteiger partial charge < -0.3 is 25.2 Å². The van der Waals surface area contributed by atoms with E-state index in [1.54, 1.807) is 18.1 Å². The first-order valence-electron chi connectivity index (χ1n) is 13.0. The Morgan fingerprint density at radius 1 is 1.14 bits per heavy atom. The molecule has 5 rings (SSSR count). The molecule has 3 heterocycles. The lowest BCUT2D eigenvalue weighted by Gasteiger charge is -2.34. The van der Waals surface area contributed by atoms with Gasteiger partial charge in [-0.05, 0) is 57.7 Å². The first-order chi connectivity index (χ1) is 17.3. The summed E-state index contributed by atoms with van der Waals surface area (Å²) in [6.45, 7) is 5.98. The number of ether oxygens (including phenoxy) is 1. The van der Waals surface area contributed by atoms with Crippen LogP contribution in [0.5, 0.6) is 0 Å². The summed E-state index contributed by atoms with van der Waals surface area (Å²) in [6.07, 6.45) is 7.98. The summed E-state index contributed by atoms with van der Waals surface area (Å²) in [5.41, 5.74) is 1.52. The number of anilines is 4. The average Bonchev–Trinajstić information content (AvgIpc) is 3.40. The van der Waals surface area contributed by atoms with Crippen LogP contribution in [0, 0.1) is 5.41 Å². The molecular formula is C27H36N6O3. The number of benzene rings is 1. The van der Waals surface area contributed by atoms with E-state index in [-0.39, 0.29) is 17.9 Å². The van der Waals surface area contributed by atoms with Gasteiger partial charge in [0.2, 0.25) is 11.9 Å². The molecule has 0 radical (unpaired) electrons. The third kappa shape index (κ3) is 5.02. The summed E-state index contributed by atoms with van der Waals surface area (Å²) in [5, 5.41) is 6.38. The van der Waals surface area contributed by atoms with Crippen molar-refractivity contribution >= 4 is 35.0 Å². The zero-order valence-electron chi connectivity index (χ0n) is 21.4. The molecule has 0 spiro atoms. The van der Waals surface area contributed by atoms with E-state index in [9.17, 15) is 9.59 Å². The third-order valence-corrected chi connectivity index (χ3v) is 7.54. The van der Waals surface area contributed by atoms with Crippen molar-refractivity contribution in [2.75, 3.05) is 41.9 Å². The van der Waals surface area contributed by atoms with Crippen molar-refractivity contribution in [1.29, 1.82) is 0 Å². The minimum absolute atomic E-state index is 0.0665. The number of nitrogens with zero attached hydrogens (tertiary/aromatic N) is 4. The molecule has 192 valence electrons. The topological polar surface area (TPSA) is 99.7 Å². The van der Waals surface area contributed by atoms with E-state index in [0.717, 1.165) is 42.9 Å². The van der Waals surface area contributed by atoms with Crippen molar-refractivity contribution in [3.8, 4) is 0 Å². The maximum atomic E-state index is 13.2. The van der Waals surface area contributed by atoms with Gasteiger partial charge in [-0.2, -0.15) is 4.98 Å². The molecule has 0 unspecified atom stereocenters. The fourth-order valence-electron chi connectivity index (χ4n) is 5.50. The van der Waals surface area contributed by atoms with E-state index in [1.165, 1.54) is 12.8 Å². The predicted octanol–water partition coefficient (Wildman–Crippen LogP) is 3.88. The van der Waals surface area contributed by atoms with Crippen LogP contribution in [-0.4, -0.2) is 60.7 Å². The molecule has 2 aromatic rings. The normalized spacial score (nSPS) is 20.7. The smallest absolute Gasteiger partial charge is 0.251 e. The second-order valence-electron chi connectivity index (χ2n) is 10.8. The molecule has 1 aliphatic carbocycles. The highest BCUT2D eigenvalue weighted by molar-refractivity contribution is 6.01. The zero-order valence-corrected chi connectivity index (χ0v) is 21.4. The fourth-order valence-corrected chi connectivity index (χ4v) is 5.50. The summed E-state index contributed by atoms with van der Waals surface area (Å²) in [4.78, 5) is 39.4. The molecule has 1 saturated carbocycles. The highest BCUT2D eigenvalue weighted by Gasteiger charge is 2.41. The number of carbonyl (C=O) groups is 2. The molecule has 2 N–H and O–H groups in total. The van der Waals surface area contributed by atoms with E-state index in [4.69, 9.17) is 9.72 Å². The van der Waals surface area contributed by atoms with Gasteiger partial charge in [0, 0.05) is 50.1 Å². The number of fused-ring (bicyclic) bond motifs is 1. The summed E-state index contributed by atoms with van der Waals surface area (Å²) >= 11 is 0. The van der Waals surface area contributed by atoms with Crippen LogP contribution in [-0.2, 0) is 9.53 Å². The van der Waals surface area contributed by atoms with Crippen molar-refractivity contribution in [3.63, 3.8) is 0 Å². The SMILES string of the molecule is CN1C(=O)C(C)(C)CN(C2CCCC2)c2nc(Nc3cccc(C(=O)NC4CCOCC4)c3)ncc21. The van der Waals surface area contributed by atoms with Crippen molar-refractivity contribution < 1.29 is 14.3 Å². The van der Waals surface area contributed by atoms with Gasteiger partial charge in [-0.3, -0.25) is 9.59 Å². The first kappa shape index (κ1) is 24.5. The molecule has 2 fully saturated rings. The van der Waals surface area contributed by atoms with Crippen LogP contribution in [0.25, 0.3) is 0 Å². The van der Waals surface area contributed by atoms with Crippen LogP contribution in [0.15, 0.2) is 30.5 Å². The molecule has 3 aliphatic rings. The second-order valence-corrected chi connectivity index (χ2v) is 10.8. The highest BCUT2D eigenvalue weighted by Crippen LogP contribution is 2.40. The Bertz CT molecular complexity index is 1120. The van der Waals surface area contributed by atoms with E-state index in [0.29, 0.717) is 37.3 Å². The second kappa shape index (κ2) is 10.0. The van der Waals surface area contributed by atoms with Gasteiger partial charge in [0.15, 0.2) is 5.82 Å². The Morgan fingerprint density at radius 3 is 2.64 bits per heavy atom.